The van der Waals surface area contributed by atoms with Gasteiger partial charge in [0.2, 0.25) is 0 Å². The molecule has 3 amide bonds. The zero-order valence-electron chi connectivity index (χ0n) is 24.3. The van der Waals surface area contributed by atoms with E-state index >= 15 is 0 Å². The number of alkyl carbamates (subject to hydrolysis) is 1. The summed E-state index contributed by atoms with van der Waals surface area (Å²) >= 11 is 6.07. The molecule has 2 aromatic carbocycles. The van der Waals surface area contributed by atoms with Crippen LogP contribution in [-0.4, -0.2) is 60.6 Å². The fraction of sp³-hybridized carbons (Fsp3) is 0.484. The van der Waals surface area contributed by atoms with Gasteiger partial charge in [0.05, 0.1) is 24.3 Å². The molecule has 222 valence electrons. The number of carbonyl (C=O) groups is 4. The molecule has 0 atom stereocenters. The van der Waals surface area contributed by atoms with Crippen LogP contribution in [0.2, 0.25) is 5.02 Å². The molecule has 3 rings (SSSR count). The minimum atomic E-state index is -0.517. The van der Waals surface area contributed by atoms with Crippen LogP contribution in [0.25, 0.3) is 0 Å². The van der Waals surface area contributed by atoms with E-state index in [1.165, 1.54) is 9.80 Å². The van der Waals surface area contributed by atoms with Crippen molar-refractivity contribution in [3.8, 4) is 0 Å². The van der Waals surface area contributed by atoms with Gasteiger partial charge < -0.3 is 19.7 Å². The molecule has 0 radical (unpaired) electrons. The number of unbranched alkanes of at least 4 members (excludes halogenated alkanes) is 3. The quantitative estimate of drug-likeness (QED) is 0.240. The number of amides is 3. The van der Waals surface area contributed by atoms with E-state index < -0.39 is 17.7 Å². The molecule has 10 heteroatoms. The van der Waals surface area contributed by atoms with E-state index in [4.69, 9.17) is 21.1 Å². The lowest BCUT2D eigenvalue weighted by Crippen LogP contribution is -2.38. The number of benzene rings is 2. The average molecular weight is 586 g/mol. The van der Waals surface area contributed by atoms with Gasteiger partial charge in [-0.15, -0.1) is 0 Å². The maximum absolute atomic E-state index is 13.7. The molecule has 41 heavy (non-hydrogen) atoms. The number of anilines is 2. The Bertz CT molecular complexity index is 1230. The monoisotopic (exact) mass is 585 g/mol. The van der Waals surface area contributed by atoms with Crippen LogP contribution >= 0.6 is 11.6 Å². The highest BCUT2D eigenvalue weighted by molar-refractivity contribution is 6.30. The maximum Gasteiger partial charge on any atom is 0.407 e. The lowest BCUT2D eigenvalue weighted by molar-refractivity contribution is -0.143. The molecular formula is C31H40ClN3O6. The Morgan fingerprint density at radius 1 is 1.00 bits per heavy atom. The number of ether oxygens (including phenoxy) is 2. The van der Waals surface area contributed by atoms with Gasteiger partial charge >= 0.3 is 12.1 Å². The Morgan fingerprint density at radius 3 is 2.39 bits per heavy atom. The zero-order valence-corrected chi connectivity index (χ0v) is 25.1. The van der Waals surface area contributed by atoms with E-state index in [0.717, 1.165) is 37.7 Å². The van der Waals surface area contributed by atoms with Crippen LogP contribution < -0.4 is 10.2 Å². The lowest BCUT2D eigenvalue weighted by atomic mass is 10.0. The van der Waals surface area contributed by atoms with Gasteiger partial charge in [0.15, 0.2) is 0 Å². The molecule has 9 nitrogen and oxygen atoms in total. The Kier molecular flexibility index (Phi) is 11.6. The van der Waals surface area contributed by atoms with Crippen LogP contribution in [0.5, 0.6) is 0 Å². The zero-order chi connectivity index (χ0) is 30.0. The average Bonchev–Trinajstić information content (AvgIpc) is 3.00. The smallest absolute Gasteiger partial charge is 0.407 e. The lowest BCUT2D eigenvalue weighted by Gasteiger charge is -2.23. The van der Waals surface area contributed by atoms with Crippen molar-refractivity contribution >= 4 is 46.9 Å². The number of nitrogens with one attached hydrogen (secondary N) is 1. The second-order valence-electron chi connectivity index (χ2n) is 10.9. The molecule has 1 heterocycles. The number of esters is 1. The largest absolute Gasteiger partial charge is 0.466 e. The minimum Gasteiger partial charge on any atom is -0.466 e. The molecule has 0 saturated carbocycles. The predicted molar refractivity (Wildman–Crippen MR) is 159 cm³/mol. The van der Waals surface area contributed by atoms with E-state index in [0.29, 0.717) is 28.5 Å². The molecule has 0 aromatic heterocycles. The molecular weight excluding hydrogens is 546 g/mol. The summed E-state index contributed by atoms with van der Waals surface area (Å²) in [6.45, 7) is 7.94. The number of fused-ring (bicyclic) bond motifs is 1. The molecule has 0 saturated heterocycles. The van der Waals surface area contributed by atoms with Crippen LogP contribution in [-0.2, 0) is 25.5 Å². The van der Waals surface area contributed by atoms with Crippen LogP contribution in [0.15, 0.2) is 42.5 Å². The van der Waals surface area contributed by atoms with Crippen LogP contribution in [0, 0.1) is 0 Å². The number of nitrogens with zero attached hydrogens (tertiary/aromatic N) is 2. The summed E-state index contributed by atoms with van der Waals surface area (Å²) in [6.07, 6.45) is 4.02. The van der Waals surface area contributed by atoms with Crippen molar-refractivity contribution in [3.63, 3.8) is 0 Å². The summed E-state index contributed by atoms with van der Waals surface area (Å²) in [6, 6.07) is 12.5. The standard InChI is InChI=1S/C31H40ClN3O6/c1-5-40-28(37)17-19-34-21-27(36)35(24-14-12-23(32)13-15-24)26-16-11-22(20-25(26)29(34)38)10-8-6-7-9-18-33-30(39)41-31(2,3)4/h11-16,20H,5-10,17-19,21H2,1-4H3,(H,33,39). The van der Waals surface area contributed by atoms with Gasteiger partial charge in [-0.3, -0.25) is 19.3 Å². The molecule has 0 unspecified atom stereocenters. The minimum absolute atomic E-state index is 0.00557. The molecule has 2 aromatic rings. The first-order chi connectivity index (χ1) is 19.5. The Balaban J connectivity index is 1.68. The fourth-order valence-corrected chi connectivity index (χ4v) is 4.67. The Labute approximate surface area is 247 Å². The van der Waals surface area contributed by atoms with Crippen LogP contribution in [0.3, 0.4) is 0 Å². The van der Waals surface area contributed by atoms with Gasteiger partial charge in [0.25, 0.3) is 11.8 Å². The van der Waals surface area contributed by atoms with Crippen LogP contribution in [0.4, 0.5) is 16.2 Å². The van der Waals surface area contributed by atoms with Crippen molar-refractivity contribution < 1.29 is 28.7 Å². The second-order valence-corrected chi connectivity index (χ2v) is 11.4. The number of halogens is 1. The second kappa shape index (κ2) is 14.9. The Hall–Kier alpha value is -3.59. The predicted octanol–water partition coefficient (Wildman–Crippen LogP) is 6.04. The van der Waals surface area contributed by atoms with Crippen molar-refractivity contribution in [1.82, 2.24) is 10.2 Å². The topological polar surface area (TPSA) is 105 Å². The van der Waals surface area contributed by atoms with Gasteiger partial charge in [-0.2, -0.15) is 0 Å². The highest BCUT2D eigenvalue weighted by atomic mass is 35.5. The summed E-state index contributed by atoms with van der Waals surface area (Å²) in [5.41, 5.74) is 1.98. The van der Waals surface area contributed by atoms with Gasteiger partial charge in [0, 0.05) is 23.8 Å². The molecule has 1 N–H and O–H groups in total. The Morgan fingerprint density at radius 2 is 1.71 bits per heavy atom. The first-order valence-electron chi connectivity index (χ1n) is 14.1. The maximum atomic E-state index is 13.7. The highest BCUT2D eigenvalue weighted by Crippen LogP contribution is 2.34. The van der Waals surface area contributed by atoms with Crippen LogP contribution in [0.1, 0.15) is 75.7 Å². The third-order valence-corrected chi connectivity index (χ3v) is 6.68. The van der Waals surface area contributed by atoms with Crippen molar-refractivity contribution in [1.29, 1.82) is 0 Å². The van der Waals surface area contributed by atoms with Gasteiger partial charge in [-0.1, -0.05) is 30.5 Å². The van der Waals surface area contributed by atoms with Crippen molar-refractivity contribution in [2.24, 2.45) is 0 Å². The summed E-state index contributed by atoms with van der Waals surface area (Å²) in [5, 5.41) is 3.31. The summed E-state index contributed by atoms with van der Waals surface area (Å²) in [4.78, 5) is 53.8. The van der Waals surface area contributed by atoms with Gasteiger partial charge in [0.1, 0.15) is 12.1 Å². The van der Waals surface area contributed by atoms with E-state index in [-0.39, 0.29) is 37.9 Å². The van der Waals surface area contributed by atoms with Crippen molar-refractivity contribution in [2.45, 2.75) is 71.8 Å². The number of rotatable bonds is 12. The van der Waals surface area contributed by atoms with Gasteiger partial charge in [-0.25, -0.2) is 4.79 Å². The number of hydrogen-bond donors (Lipinski definition) is 1. The molecule has 0 aliphatic carbocycles. The highest BCUT2D eigenvalue weighted by Gasteiger charge is 2.33. The van der Waals surface area contributed by atoms with Gasteiger partial charge in [-0.05, 0) is 88.9 Å². The summed E-state index contributed by atoms with van der Waals surface area (Å²) < 4.78 is 10.3. The SMILES string of the molecule is CCOC(=O)CCN1CC(=O)N(c2ccc(Cl)cc2)c2ccc(CCCCCCNC(=O)OC(C)(C)C)cc2C1=O. The van der Waals surface area contributed by atoms with Crippen molar-refractivity contribution in [3.05, 3.63) is 58.6 Å². The molecule has 0 bridgehead atoms. The van der Waals surface area contributed by atoms with E-state index in [9.17, 15) is 19.2 Å². The van der Waals surface area contributed by atoms with E-state index in [1.54, 1.807) is 31.2 Å². The number of hydrogen-bond acceptors (Lipinski definition) is 6. The number of aryl methyl sites for hydroxylation is 1. The fourth-order valence-electron chi connectivity index (χ4n) is 4.54. The molecule has 0 fully saturated rings. The van der Waals surface area contributed by atoms with Crippen molar-refractivity contribution in [2.75, 3.05) is 31.1 Å². The number of carbonyl (C=O) groups excluding carboxylic acids is 4. The first kappa shape index (κ1) is 31.9. The summed E-state index contributed by atoms with van der Waals surface area (Å²) in [5.74, 6) is -0.998. The molecule has 1 aliphatic heterocycles. The van der Waals surface area contributed by atoms with E-state index in [1.807, 2.05) is 39.0 Å². The summed E-state index contributed by atoms with van der Waals surface area (Å²) in [7, 11) is 0. The normalized spacial score (nSPS) is 13.5. The first-order valence-corrected chi connectivity index (χ1v) is 14.5. The third kappa shape index (κ3) is 9.78. The molecule has 0 spiro atoms. The van der Waals surface area contributed by atoms with E-state index in [2.05, 4.69) is 5.32 Å². The molecule has 1 aliphatic rings. The third-order valence-electron chi connectivity index (χ3n) is 6.43.